The smallest absolute Gasteiger partial charge is 0.337 e. The third kappa shape index (κ3) is 3.61. The molecule has 0 radical (unpaired) electrons. The van der Waals surface area contributed by atoms with E-state index < -0.39 is 11.6 Å². The first-order valence-corrected chi connectivity index (χ1v) is 5.69. The van der Waals surface area contributed by atoms with E-state index in [1.165, 1.54) is 6.92 Å². The van der Waals surface area contributed by atoms with E-state index in [9.17, 15) is 9.90 Å². The van der Waals surface area contributed by atoms with Crippen LogP contribution in [0.2, 0.25) is 0 Å². The van der Waals surface area contributed by atoms with Crippen molar-refractivity contribution in [3.05, 3.63) is 22.7 Å². The van der Waals surface area contributed by atoms with Crippen LogP contribution in [0.25, 0.3) is 0 Å². The summed E-state index contributed by atoms with van der Waals surface area (Å²) in [5.74, 6) is -0.630. The zero-order valence-electron chi connectivity index (χ0n) is 9.53. The van der Waals surface area contributed by atoms with E-state index in [1.807, 2.05) is 0 Å². The SMILES string of the molecule is COc1ccc(Br)c(NCC(C)(O)C(=O)O)c1. The first-order chi connectivity index (χ1) is 7.86. The van der Waals surface area contributed by atoms with Gasteiger partial charge in [0.15, 0.2) is 5.60 Å². The van der Waals surface area contributed by atoms with Crippen molar-refractivity contribution in [1.82, 2.24) is 0 Å². The number of benzene rings is 1. The topological polar surface area (TPSA) is 78.8 Å². The molecule has 94 valence electrons. The Morgan fingerprint density at radius 1 is 1.59 bits per heavy atom. The summed E-state index contributed by atoms with van der Waals surface area (Å²) in [7, 11) is 1.54. The molecule has 0 heterocycles. The Morgan fingerprint density at radius 2 is 2.24 bits per heavy atom. The fraction of sp³-hybridized carbons (Fsp3) is 0.364. The molecule has 1 aromatic rings. The predicted octanol–water partition coefficient (Wildman–Crippen LogP) is 1.71. The summed E-state index contributed by atoms with van der Waals surface area (Å²) in [6.07, 6.45) is 0. The summed E-state index contributed by atoms with van der Waals surface area (Å²) in [5, 5.41) is 21.2. The minimum Gasteiger partial charge on any atom is -0.497 e. The van der Waals surface area contributed by atoms with Gasteiger partial charge < -0.3 is 20.3 Å². The van der Waals surface area contributed by atoms with Gasteiger partial charge in [-0.15, -0.1) is 0 Å². The Labute approximate surface area is 108 Å². The summed E-state index contributed by atoms with van der Waals surface area (Å²) < 4.78 is 5.81. The van der Waals surface area contributed by atoms with E-state index in [1.54, 1.807) is 25.3 Å². The standard InChI is InChI=1S/C11H14BrNO4/c1-11(16,10(14)15)6-13-9-5-7(17-2)3-4-8(9)12/h3-5,13,16H,6H2,1-2H3,(H,14,15). The quantitative estimate of drug-likeness (QED) is 0.772. The maximum absolute atomic E-state index is 10.7. The van der Waals surface area contributed by atoms with Gasteiger partial charge in [0, 0.05) is 10.5 Å². The van der Waals surface area contributed by atoms with Crippen LogP contribution in [0.5, 0.6) is 5.75 Å². The van der Waals surface area contributed by atoms with Gasteiger partial charge in [0.05, 0.1) is 19.3 Å². The van der Waals surface area contributed by atoms with Crippen molar-refractivity contribution in [1.29, 1.82) is 0 Å². The summed E-state index contributed by atoms with van der Waals surface area (Å²) in [6.45, 7) is 1.13. The zero-order valence-corrected chi connectivity index (χ0v) is 11.1. The average molecular weight is 304 g/mol. The number of halogens is 1. The predicted molar refractivity (Wildman–Crippen MR) is 67.4 cm³/mol. The van der Waals surface area contributed by atoms with Crippen LogP contribution in [-0.4, -0.2) is 35.4 Å². The van der Waals surface area contributed by atoms with Gasteiger partial charge in [0.2, 0.25) is 0 Å². The number of carboxylic acids is 1. The summed E-state index contributed by atoms with van der Waals surface area (Å²) >= 11 is 3.32. The van der Waals surface area contributed by atoms with Gasteiger partial charge in [-0.1, -0.05) is 0 Å². The number of aliphatic carboxylic acids is 1. The van der Waals surface area contributed by atoms with Crippen molar-refractivity contribution >= 4 is 27.6 Å². The van der Waals surface area contributed by atoms with E-state index in [4.69, 9.17) is 9.84 Å². The Bertz CT molecular complexity index is 420. The molecule has 0 bridgehead atoms. The van der Waals surface area contributed by atoms with Crippen molar-refractivity contribution in [2.45, 2.75) is 12.5 Å². The molecule has 0 aliphatic carbocycles. The molecular weight excluding hydrogens is 290 g/mol. The molecule has 0 saturated heterocycles. The Balaban J connectivity index is 2.78. The lowest BCUT2D eigenvalue weighted by molar-refractivity contribution is -0.155. The van der Waals surface area contributed by atoms with Crippen molar-refractivity contribution in [3.8, 4) is 5.75 Å². The summed E-state index contributed by atoms with van der Waals surface area (Å²) in [4.78, 5) is 10.7. The molecule has 3 N–H and O–H groups in total. The maximum Gasteiger partial charge on any atom is 0.337 e. The average Bonchev–Trinajstić information content (AvgIpc) is 2.28. The first kappa shape index (κ1) is 13.8. The first-order valence-electron chi connectivity index (χ1n) is 4.90. The molecule has 0 spiro atoms. The lowest BCUT2D eigenvalue weighted by atomic mass is 10.1. The van der Waals surface area contributed by atoms with Gasteiger partial charge in [-0.25, -0.2) is 4.79 Å². The molecule has 0 saturated carbocycles. The van der Waals surface area contributed by atoms with E-state index in [-0.39, 0.29) is 6.54 Å². The zero-order chi connectivity index (χ0) is 13.1. The number of anilines is 1. The molecule has 0 fully saturated rings. The van der Waals surface area contributed by atoms with Crippen molar-refractivity contribution < 1.29 is 19.7 Å². The second-order valence-corrected chi connectivity index (χ2v) is 4.63. The van der Waals surface area contributed by atoms with Crippen LogP contribution in [0.15, 0.2) is 22.7 Å². The van der Waals surface area contributed by atoms with Crippen molar-refractivity contribution in [2.24, 2.45) is 0 Å². The highest BCUT2D eigenvalue weighted by molar-refractivity contribution is 9.10. The van der Waals surface area contributed by atoms with Crippen LogP contribution < -0.4 is 10.1 Å². The van der Waals surface area contributed by atoms with Crippen LogP contribution in [0.3, 0.4) is 0 Å². The highest BCUT2D eigenvalue weighted by Gasteiger charge is 2.29. The largest absolute Gasteiger partial charge is 0.497 e. The lowest BCUT2D eigenvalue weighted by Gasteiger charge is -2.19. The van der Waals surface area contributed by atoms with Crippen molar-refractivity contribution in [3.63, 3.8) is 0 Å². The minimum absolute atomic E-state index is 0.103. The third-order valence-electron chi connectivity index (χ3n) is 2.26. The number of hydrogen-bond donors (Lipinski definition) is 3. The van der Waals surface area contributed by atoms with E-state index in [0.717, 1.165) is 4.47 Å². The molecular formula is C11H14BrNO4. The lowest BCUT2D eigenvalue weighted by Crippen LogP contribution is -2.41. The van der Waals surface area contributed by atoms with Gasteiger partial charge in [0.25, 0.3) is 0 Å². The van der Waals surface area contributed by atoms with E-state index in [0.29, 0.717) is 11.4 Å². The summed E-state index contributed by atoms with van der Waals surface area (Å²) in [5.41, 5.74) is -1.16. The number of carboxylic acid groups (broad SMARTS) is 1. The number of nitrogens with one attached hydrogen (secondary N) is 1. The van der Waals surface area contributed by atoms with Gasteiger partial charge in [-0.3, -0.25) is 0 Å². The molecule has 0 amide bonds. The van der Waals surface area contributed by atoms with Gasteiger partial charge in [-0.2, -0.15) is 0 Å². The minimum atomic E-state index is -1.82. The van der Waals surface area contributed by atoms with E-state index >= 15 is 0 Å². The fourth-order valence-corrected chi connectivity index (χ4v) is 1.50. The normalized spacial score (nSPS) is 13.9. The highest BCUT2D eigenvalue weighted by atomic mass is 79.9. The molecule has 1 unspecified atom stereocenters. The Morgan fingerprint density at radius 3 is 2.76 bits per heavy atom. The van der Waals surface area contributed by atoms with E-state index in [2.05, 4.69) is 21.2 Å². The van der Waals surface area contributed by atoms with Crippen LogP contribution >= 0.6 is 15.9 Å². The third-order valence-corrected chi connectivity index (χ3v) is 2.95. The van der Waals surface area contributed by atoms with Gasteiger partial charge in [0.1, 0.15) is 5.75 Å². The number of rotatable bonds is 5. The van der Waals surface area contributed by atoms with Crippen molar-refractivity contribution in [2.75, 3.05) is 19.0 Å². The molecule has 0 aliphatic heterocycles. The molecule has 0 aliphatic rings. The monoisotopic (exact) mass is 303 g/mol. The second kappa shape index (κ2) is 5.37. The van der Waals surface area contributed by atoms with Gasteiger partial charge >= 0.3 is 5.97 Å². The molecule has 1 aromatic carbocycles. The summed E-state index contributed by atoms with van der Waals surface area (Å²) in [6, 6.07) is 5.25. The number of methoxy groups -OCH3 is 1. The Hall–Kier alpha value is -1.27. The molecule has 1 atom stereocenters. The van der Waals surface area contributed by atoms with Crippen LogP contribution in [0.1, 0.15) is 6.92 Å². The highest BCUT2D eigenvalue weighted by Crippen LogP contribution is 2.27. The number of hydrogen-bond acceptors (Lipinski definition) is 4. The molecule has 6 heteroatoms. The van der Waals surface area contributed by atoms with Crippen LogP contribution in [-0.2, 0) is 4.79 Å². The number of carbonyl (C=O) groups is 1. The second-order valence-electron chi connectivity index (χ2n) is 3.78. The van der Waals surface area contributed by atoms with Gasteiger partial charge in [-0.05, 0) is 35.0 Å². The number of ether oxygens (including phenoxy) is 1. The number of aliphatic hydroxyl groups is 1. The molecule has 5 nitrogen and oxygen atoms in total. The molecule has 17 heavy (non-hydrogen) atoms. The van der Waals surface area contributed by atoms with Crippen LogP contribution in [0.4, 0.5) is 5.69 Å². The molecule has 1 rings (SSSR count). The van der Waals surface area contributed by atoms with Crippen LogP contribution in [0, 0.1) is 0 Å². The maximum atomic E-state index is 10.7. The fourth-order valence-electron chi connectivity index (χ4n) is 1.11. The Kier molecular flexibility index (Phi) is 4.36. The molecule has 0 aromatic heterocycles.